The molecule has 0 saturated carbocycles. The van der Waals surface area contributed by atoms with E-state index in [1.165, 1.54) is 6.07 Å². The van der Waals surface area contributed by atoms with Crippen molar-refractivity contribution < 1.29 is 9.13 Å². The van der Waals surface area contributed by atoms with Gasteiger partial charge in [-0.05, 0) is 20.0 Å². The molecule has 2 nitrogen and oxygen atoms in total. The third-order valence-electron chi connectivity index (χ3n) is 2.27. The first-order valence-corrected chi connectivity index (χ1v) is 5.35. The number of nitrogens with one attached hydrogen (secondary N) is 1. The van der Waals surface area contributed by atoms with Crippen LogP contribution in [0.5, 0.6) is 5.75 Å². The van der Waals surface area contributed by atoms with Gasteiger partial charge in [0, 0.05) is 22.7 Å². The fourth-order valence-corrected chi connectivity index (χ4v) is 1.32. The number of halogens is 2. The van der Waals surface area contributed by atoms with Crippen molar-refractivity contribution in [1.82, 2.24) is 5.32 Å². The van der Waals surface area contributed by atoms with Gasteiger partial charge in [-0.15, -0.1) is 0 Å². The fourth-order valence-electron chi connectivity index (χ4n) is 1.27. The third kappa shape index (κ3) is 3.51. The van der Waals surface area contributed by atoms with Crippen molar-refractivity contribution in [3.63, 3.8) is 0 Å². The summed E-state index contributed by atoms with van der Waals surface area (Å²) in [6.45, 7) is 5.56. The van der Waals surface area contributed by atoms with Crippen LogP contribution in [0.2, 0.25) is 0 Å². The predicted molar refractivity (Wildman–Crippen MR) is 64.4 cm³/mol. The van der Waals surface area contributed by atoms with Crippen molar-refractivity contribution in [2.75, 3.05) is 13.7 Å². The molecule has 1 aromatic rings. The molecular weight excluding hydrogens is 229 g/mol. The average molecular weight is 244 g/mol. The van der Waals surface area contributed by atoms with E-state index in [1.54, 1.807) is 19.2 Å². The summed E-state index contributed by atoms with van der Waals surface area (Å²) in [4.78, 5) is 0. The molecule has 88 valence electrons. The molecule has 0 heterocycles. The first kappa shape index (κ1) is 13.0. The molecule has 1 N–H and O–H groups in total. The SMILES string of the molecule is C=C(Cl)COc1ccc(C(C)NC)c(F)c1. The minimum absolute atomic E-state index is 0.0305. The molecule has 0 fully saturated rings. The van der Waals surface area contributed by atoms with Crippen LogP contribution in [0.1, 0.15) is 18.5 Å². The standard InChI is InChI=1S/C12H15ClFNO/c1-8(13)7-16-10-4-5-11(9(2)15-3)12(14)6-10/h4-6,9,15H,1,7H2,2-3H3. The Morgan fingerprint density at radius 1 is 1.62 bits per heavy atom. The minimum Gasteiger partial charge on any atom is -0.488 e. The maximum Gasteiger partial charge on any atom is 0.131 e. The van der Waals surface area contributed by atoms with Gasteiger partial charge in [-0.2, -0.15) is 0 Å². The lowest BCUT2D eigenvalue weighted by molar-refractivity contribution is 0.356. The highest BCUT2D eigenvalue weighted by Crippen LogP contribution is 2.22. The topological polar surface area (TPSA) is 21.3 Å². The summed E-state index contributed by atoms with van der Waals surface area (Å²) in [7, 11) is 1.78. The van der Waals surface area contributed by atoms with E-state index in [2.05, 4.69) is 11.9 Å². The molecule has 1 aromatic carbocycles. The first-order valence-electron chi connectivity index (χ1n) is 4.97. The highest BCUT2D eigenvalue weighted by Gasteiger charge is 2.09. The monoisotopic (exact) mass is 243 g/mol. The van der Waals surface area contributed by atoms with Gasteiger partial charge in [-0.1, -0.05) is 24.2 Å². The van der Waals surface area contributed by atoms with E-state index in [0.717, 1.165) is 0 Å². The van der Waals surface area contributed by atoms with Crippen molar-refractivity contribution >= 4 is 11.6 Å². The highest BCUT2D eigenvalue weighted by molar-refractivity contribution is 6.29. The van der Waals surface area contributed by atoms with Gasteiger partial charge in [0.2, 0.25) is 0 Å². The largest absolute Gasteiger partial charge is 0.488 e. The Hall–Kier alpha value is -1.06. The molecule has 0 aliphatic heterocycles. The average Bonchev–Trinajstić information content (AvgIpc) is 2.25. The third-order valence-corrected chi connectivity index (χ3v) is 2.38. The van der Waals surface area contributed by atoms with Crippen LogP contribution in [0.4, 0.5) is 4.39 Å². The van der Waals surface area contributed by atoms with E-state index >= 15 is 0 Å². The Morgan fingerprint density at radius 2 is 2.31 bits per heavy atom. The van der Waals surface area contributed by atoms with Gasteiger partial charge in [0.15, 0.2) is 0 Å². The fraction of sp³-hybridized carbons (Fsp3) is 0.333. The quantitative estimate of drug-likeness (QED) is 0.857. The zero-order valence-electron chi connectivity index (χ0n) is 9.39. The van der Waals surface area contributed by atoms with E-state index < -0.39 is 0 Å². The Bertz CT molecular complexity index is 381. The number of hydrogen-bond acceptors (Lipinski definition) is 2. The van der Waals surface area contributed by atoms with Crippen LogP contribution >= 0.6 is 11.6 Å². The molecular formula is C12H15ClFNO. The molecule has 0 radical (unpaired) electrons. The van der Waals surface area contributed by atoms with Gasteiger partial charge >= 0.3 is 0 Å². The summed E-state index contributed by atoms with van der Waals surface area (Å²) in [6.07, 6.45) is 0. The van der Waals surface area contributed by atoms with Gasteiger partial charge in [-0.25, -0.2) is 4.39 Å². The molecule has 0 aromatic heterocycles. The Morgan fingerprint density at radius 3 is 2.81 bits per heavy atom. The Labute approximate surface area is 100 Å². The zero-order chi connectivity index (χ0) is 12.1. The summed E-state index contributed by atoms with van der Waals surface area (Å²) in [5.74, 6) is 0.158. The van der Waals surface area contributed by atoms with Crippen LogP contribution in [0, 0.1) is 5.82 Å². The Balaban J connectivity index is 2.78. The van der Waals surface area contributed by atoms with Crippen LogP contribution in [0.3, 0.4) is 0 Å². The number of hydrogen-bond donors (Lipinski definition) is 1. The van der Waals surface area contributed by atoms with Gasteiger partial charge < -0.3 is 10.1 Å². The summed E-state index contributed by atoms with van der Waals surface area (Å²) in [5.41, 5.74) is 0.611. The lowest BCUT2D eigenvalue weighted by atomic mass is 10.1. The summed E-state index contributed by atoms with van der Waals surface area (Å²) in [5, 5.41) is 3.36. The van der Waals surface area contributed by atoms with Crippen molar-refractivity contribution in [2.45, 2.75) is 13.0 Å². The molecule has 1 atom stereocenters. The number of benzene rings is 1. The summed E-state index contributed by atoms with van der Waals surface area (Å²) < 4.78 is 18.9. The molecule has 0 aliphatic carbocycles. The molecule has 0 bridgehead atoms. The Kier molecular flexibility index (Phi) is 4.77. The minimum atomic E-state index is -0.292. The predicted octanol–water partition coefficient (Wildman–Crippen LogP) is 3.24. The summed E-state index contributed by atoms with van der Waals surface area (Å²) in [6, 6.07) is 4.73. The number of rotatable bonds is 5. The second-order valence-corrected chi connectivity index (χ2v) is 4.03. The van der Waals surface area contributed by atoms with Crippen molar-refractivity contribution in [1.29, 1.82) is 0 Å². The van der Waals surface area contributed by atoms with E-state index in [0.29, 0.717) is 16.3 Å². The molecule has 0 amide bonds. The van der Waals surface area contributed by atoms with Crippen LogP contribution in [0.15, 0.2) is 29.8 Å². The van der Waals surface area contributed by atoms with Gasteiger partial charge in [-0.3, -0.25) is 0 Å². The molecule has 16 heavy (non-hydrogen) atoms. The van der Waals surface area contributed by atoms with Gasteiger partial charge in [0.05, 0.1) is 0 Å². The molecule has 0 spiro atoms. The molecule has 1 rings (SSSR count). The normalized spacial score (nSPS) is 12.2. The molecule has 0 aliphatic rings. The van der Waals surface area contributed by atoms with Crippen LogP contribution in [-0.2, 0) is 0 Å². The highest BCUT2D eigenvalue weighted by atomic mass is 35.5. The van der Waals surface area contributed by atoms with Crippen molar-refractivity contribution in [3.05, 3.63) is 41.2 Å². The zero-order valence-corrected chi connectivity index (χ0v) is 10.1. The van der Waals surface area contributed by atoms with Crippen LogP contribution < -0.4 is 10.1 Å². The van der Waals surface area contributed by atoms with E-state index in [4.69, 9.17) is 16.3 Å². The van der Waals surface area contributed by atoms with Crippen molar-refractivity contribution in [3.8, 4) is 5.75 Å². The van der Waals surface area contributed by atoms with Crippen LogP contribution in [0.25, 0.3) is 0 Å². The lowest BCUT2D eigenvalue weighted by Gasteiger charge is -2.13. The number of ether oxygens (including phenoxy) is 1. The summed E-state index contributed by atoms with van der Waals surface area (Å²) >= 11 is 5.55. The molecule has 1 unspecified atom stereocenters. The smallest absolute Gasteiger partial charge is 0.131 e. The maximum atomic E-state index is 13.6. The van der Waals surface area contributed by atoms with E-state index in [9.17, 15) is 4.39 Å². The second kappa shape index (κ2) is 5.87. The molecule has 0 saturated heterocycles. The first-order chi connectivity index (χ1) is 7.54. The lowest BCUT2D eigenvalue weighted by Crippen LogP contribution is -2.13. The van der Waals surface area contributed by atoms with Gasteiger partial charge in [0.25, 0.3) is 0 Å². The maximum absolute atomic E-state index is 13.6. The van der Waals surface area contributed by atoms with Crippen LogP contribution in [-0.4, -0.2) is 13.7 Å². The van der Waals surface area contributed by atoms with Gasteiger partial charge in [0.1, 0.15) is 18.2 Å². The van der Waals surface area contributed by atoms with E-state index in [1.807, 2.05) is 6.92 Å². The second-order valence-electron chi connectivity index (χ2n) is 3.50. The van der Waals surface area contributed by atoms with E-state index in [-0.39, 0.29) is 18.5 Å². The molecule has 4 heteroatoms. The van der Waals surface area contributed by atoms with Crippen molar-refractivity contribution in [2.24, 2.45) is 0 Å².